The molecule has 0 aliphatic rings. The molecule has 144 valence electrons. The minimum atomic E-state index is -0.691. The number of hydrogen-bond acceptors (Lipinski definition) is 5. The number of amides is 2. The van der Waals surface area contributed by atoms with Crippen molar-refractivity contribution in [3.63, 3.8) is 0 Å². The number of likely N-dealkylation sites (N-methyl/N-ethyl adjacent to an activating group) is 1. The van der Waals surface area contributed by atoms with Gasteiger partial charge in [-0.15, -0.1) is 0 Å². The van der Waals surface area contributed by atoms with Gasteiger partial charge in [-0.2, -0.15) is 0 Å². The number of halogens is 1. The number of carbonyl (C=O) groups is 3. The summed E-state index contributed by atoms with van der Waals surface area (Å²) < 4.78 is 4.72. The lowest BCUT2D eigenvalue weighted by Gasteiger charge is -2.21. The van der Waals surface area contributed by atoms with Crippen LogP contribution in [0, 0.1) is 5.92 Å². The Balaban J connectivity index is 2.48. The number of nitrogens with zero attached hydrogens (tertiary/aromatic N) is 1. The SMILES string of the molecule is COC(=O)[C@H](CC(C)C)NC(=O)CN(C)CC(=O)Nc1ccc(Cl)cc1. The number of esters is 1. The molecule has 0 aromatic heterocycles. The Labute approximate surface area is 159 Å². The van der Waals surface area contributed by atoms with Gasteiger partial charge in [-0.25, -0.2) is 4.79 Å². The van der Waals surface area contributed by atoms with Crippen molar-refractivity contribution in [2.24, 2.45) is 5.92 Å². The van der Waals surface area contributed by atoms with Crippen LogP contribution in [0.1, 0.15) is 20.3 Å². The Morgan fingerprint density at radius 1 is 1.12 bits per heavy atom. The van der Waals surface area contributed by atoms with Gasteiger partial charge in [0.15, 0.2) is 0 Å². The Kier molecular flexibility index (Phi) is 9.09. The first-order valence-electron chi connectivity index (χ1n) is 8.32. The van der Waals surface area contributed by atoms with Gasteiger partial charge in [-0.3, -0.25) is 14.5 Å². The zero-order valence-corrected chi connectivity index (χ0v) is 16.3. The Morgan fingerprint density at radius 2 is 1.69 bits per heavy atom. The molecule has 2 N–H and O–H groups in total. The van der Waals surface area contributed by atoms with Crippen LogP contribution in [-0.4, -0.2) is 56.0 Å². The summed E-state index contributed by atoms with van der Waals surface area (Å²) in [4.78, 5) is 37.5. The van der Waals surface area contributed by atoms with Gasteiger partial charge in [0.1, 0.15) is 6.04 Å². The summed E-state index contributed by atoms with van der Waals surface area (Å²) in [5, 5.41) is 5.96. The first-order chi connectivity index (χ1) is 12.2. The van der Waals surface area contributed by atoms with Crippen LogP contribution in [0.5, 0.6) is 0 Å². The van der Waals surface area contributed by atoms with E-state index in [2.05, 4.69) is 10.6 Å². The van der Waals surface area contributed by atoms with Crippen LogP contribution in [0.4, 0.5) is 5.69 Å². The summed E-state index contributed by atoms with van der Waals surface area (Å²) in [6.07, 6.45) is 0.485. The molecule has 7 nitrogen and oxygen atoms in total. The van der Waals surface area contributed by atoms with Gasteiger partial charge in [0.05, 0.1) is 20.2 Å². The predicted octanol–water partition coefficient (Wildman–Crippen LogP) is 1.91. The van der Waals surface area contributed by atoms with E-state index in [4.69, 9.17) is 16.3 Å². The van der Waals surface area contributed by atoms with Crippen LogP contribution in [0.25, 0.3) is 0 Å². The summed E-state index contributed by atoms with van der Waals surface area (Å²) in [7, 11) is 2.94. The van der Waals surface area contributed by atoms with Crippen molar-refractivity contribution in [2.45, 2.75) is 26.3 Å². The van der Waals surface area contributed by atoms with Gasteiger partial charge in [0.2, 0.25) is 11.8 Å². The maximum absolute atomic E-state index is 12.1. The van der Waals surface area contributed by atoms with Crippen molar-refractivity contribution in [2.75, 3.05) is 32.6 Å². The molecule has 1 aromatic carbocycles. The fourth-order valence-corrected chi connectivity index (χ4v) is 2.47. The summed E-state index contributed by atoms with van der Waals surface area (Å²) >= 11 is 5.80. The van der Waals surface area contributed by atoms with E-state index in [1.54, 1.807) is 36.2 Å². The lowest BCUT2D eigenvalue weighted by atomic mass is 10.0. The number of hydrogen-bond donors (Lipinski definition) is 2. The van der Waals surface area contributed by atoms with Crippen LogP contribution in [-0.2, 0) is 19.1 Å². The maximum Gasteiger partial charge on any atom is 0.328 e. The van der Waals surface area contributed by atoms with Crippen molar-refractivity contribution in [3.8, 4) is 0 Å². The number of methoxy groups -OCH3 is 1. The molecule has 1 rings (SSSR count). The number of benzene rings is 1. The highest BCUT2D eigenvalue weighted by Gasteiger charge is 2.23. The molecule has 8 heteroatoms. The average molecular weight is 384 g/mol. The van der Waals surface area contributed by atoms with E-state index < -0.39 is 12.0 Å². The summed E-state index contributed by atoms with van der Waals surface area (Å²) in [6.45, 7) is 3.92. The zero-order chi connectivity index (χ0) is 19.7. The number of nitrogens with one attached hydrogen (secondary N) is 2. The Morgan fingerprint density at radius 3 is 2.23 bits per heavy atom. The van der Waals surface area contributed by atoms with E-state index in [-0.39, 0.29) is 30.8 Å². The molecular weight excluding hydrogens is 358 g/mol. The van der Waals surface area contributed by atoms with E-state index in [9.17, 15) is 14.4 Å². The van der Waals surface area contributed by atoms with Gasteiger partial charge >= 0.3 is 5.97 Å². The van der Waals surface area contributed by atoms with E-state index >= 15 is 0 Å². The molecule has 2 amide bonds. The second kappa shape index (κ2) is 10.8. The molecule has 0 radical (unpaired) electrons. The average Bonchev–Trinajstić information content (AvgIpc) is 2.54. The topological polar surface area (TPSA) is 87.7 Å². The Hall–Kier alpha value is -2.12. The molecule has 0 heterocycles. The van der Waals surface area contributed by atoms with Crippen molar-refractivity contribution in [1.29, 1.82) is 0 Å². The molecule has 0 saturated heterocycles. The van der Waals surface area contributed by atoms with Crippen LogP contribution in [0.3, 0.4) is 0 Å². The van der Waals surface area contributed by atoms with Gasteiger partial charge in [0, 0.05) is 10.7 Å². The van der Waals surface area contributed by atoms with E-state index in [0.717, 1.165) is 0 Å². The number of anilines is 1. The minimum absolute atomic E-state index is 0.0143. The first kappa shape index (κ1) is 21.9. The minimum Gasteiger partial charge on any atom is -0.467 e. The van der Waals surface area contributed by atoms with Crippen LogP contribution < -0.4 is 10.6 Å². The first-order valence-corrected chi connectivity index (χ1v) is 8.70. The molecule has 0 spiro atoms. The quantitative estimate of drug-likeness (QED) is 0.636. The normalized spacial score (nSPS) is 12.0. The van der Waals surface area contributed by atoms with E-state index in [1.807, 2.05) is 13.8 Å². The fraction of sp³-hybridized carbons (Fsp3) is 0.500. The number of ether oxygens (including phenoxy) is 1. The highest BCUT2D eigenvalue weighted by Crippen LogP contribution is 2.13. The summed E-state index contributed by atoms with van der Waals surface area (Å²) in [5.41, 5.74) is 0.625. The molecular formula is C18H26ClN3O4. The molecule has 26 heavy (non-hydrogen) atoms. The number of carbonyl (C=O) groups excluding carboxylic acids is 3. The maximum atomic E-state index is 12.1. The van der Waals surface area contributed by atoms with Crippen LogP contribution in [0.15, 0.2) is 24.3 Å². The summed E-state index contributed by atoms with van der Waals surface area (Å²) in [6, 6.07) is 6.05. The third kappa shape index (κ3) is 8.31. The second-order valence-corrected chi connectivity index (χ2v) is 6.94. The molecule has 1 atom stereocenters. The van der Waals surface area contributed by atoms with Crippen molar-refractivity contribution >= 4 is 35.1 Å². The molecule has 0 aliphatic heterocycles. The van der Waals surface area contributed by atoms with Crippen molar-refractivity contribution in [1.82, 2.24) is 10.2 Å². The van der Waals surface area contributed by atoms with Crippen molar-refractivity contribution < 1.29 is 19.1 Å². The highest BCUT2D eigenvalue weighted by atomic mass is 35.5. The van der Waals surface area contributed by atoms with Crippen molar-refractivity contribution in [3.05, 3.63) is 29.3 Å². The molecule has 0 fully saturated rings. The predicted molar refractivity (Wildman–Crippen MR) is 101 cm³/mol. The van der Waals surface area contributed by atoms with Gasteiger partial charge in [-0.1, -0.05) is 25.4 Å². The lowest BCUT2D eigenvalue weighted by molar-refractivity contribution is -0.145. The zero-order valence-electron chi connectivity index (χ0n) is 15.5. The van der Waals surface area contributed by atoms with Gasteiger partial charge in [0.25, 0.3) is 0 Å². The molecule has 0 saturated carbocycles. The fourth-order valence-electron chi connectivity index (χ4n) is 2.35. The monoisotopic (exact) mass is 383 g/mol. The molecule has 0 unspecified atom stereocenters. The Bertz CT molecular complexity index is 619. The van der Waals surface area contributed by atoms with E-state index in [0.29, 0.717) is 17.1 Å². The van der Waals surface area contributed by atoms with Gasteiger partial charge < -0.3 is 15.4 Å². The molecule has 0 bridgehead atoms. The van der Waals surface area contributed by atoms with Crippen LogP contribution >= 0.6 is 11.6 Å². The highest BCUT2D eigenvalue weighted by molar-refractivity contribution is 6.30. The third-order valence-corrected chi connectivity index (χ3v) is 3.74. The number of rotatable bonds is 9. The summed E-state index contributed by atoms with van der Waals surface area (Å²) in [5.74, 6) is -0.852. The van der Waals surface area contributed by atoms with Gasteiger partial charge in [-0.05, 0) is 43.7 Å². The molecule has 0 aliphatic carbocycles. The van der Waals surface area contributed by atoms with Crippen LogP contribution in [0.2, 0.25) is 5.02 Å². The smallest absolute Gasteiger partial charge is 0.328 e. The second-order valence-electron chi connectivity index (χ2n) is 6.50. The molecule has 1 aromatic rings. The lowest BCUT2D eigenvalue weighted by Crippen LogP contribution is -2.46. The largest absolute Gasteiger partial charge is 0.467 e. The third-order valence-electron chi connectivity index (χ3n) is 3.48. The standard InChI is InChI=1S/C18H26ClN3O4/c1-12(2)9-15(18(25)26-4)21-17(24)11-22(3)10-16(23)20-14-7-5-13(19)6-8-14/h5-8,12,15H,9-11H2,1-4H3,(H,20,23)(H,21,24)/t15-/m0/s1. The van der Waals surface area contributed by atoms with E-state index in [1.165, 1.54) is 7.11 Å².